The van der Waals surface area contributed by atoms with Gasteiger partial charge in [-0.1, -0.05) is 54.6 Å². The molecule has 0 aliphatic carbocycles. The van der Waals surface area contributed by atoms with Crippen LogP contribution in [-0.4, -0.2) is 31.0 Å². The Hall–Kier alpha value is -3.38. The summed E-state index contributed by atoms with van der Waals surface area (Å²) in [5, 5.41) is 19.5. The molecule has 0 aliphatic heterocycles. The van der Waals surface area contributed by atoms with E-state index in [4.69, 9.17) is 0 Å². The van der Waals surface area contributed by atoms with Crippen LogP contribution < -0.4 is 0 Å². The van der Waals surface area contributed by atoms with Gasteiger partial charge in [-0.05, 0) is 17.5 Å². The van der Waals surface area contributed by atoms with Gasteiger partial charge >= 0.3 is 0 Å². The Morgan fingerprint density at radius 1 is 0.645 bits per heavy atom. The van der Waals surface area contributed by atoms with Gasteiger partial charge in [-0.2, -0.15) is 16.8 Å². The molecule has 0 heterocycles. The fourth-order valence-corrected chi connectivity index (χ4v) is 4.60. The molecule has 158 valence electrons. The molecule has 0 atom stereocenters. The molecule has 0 bridgehead atoms. The van der Waals surface area contributed by atoms with Crippen molar-refractivity contribution in [3.63, 3.8) is 0 Å². The van der Waals surface area contributed by atoms with Crippen molar-refractivity contribution in [2.45, 2.75) is 9.79 Å². The van der Waals surface area contributed by atoms with Crippen LogP contribution in [0.2, 0.25) is 0 Å². The topological polar surface area (TPSA) is 154 Å². The van der Waals surface area contributed by atoms with Gasteiger partial charge in [0.25, 0.3) is 20.2 Å². The average molecular weight is 458 g/mol. The van der Waals surface area contributed by atoms with E-state index in [9.17, 15) is 31.0 Å². The van der Waals surface area contributed by atoms with Crippen molar-refractivity contribution in [3.8, 4) is 5.75 Å². The summed E-state index contributed by atoms with van der Waals surface area (Å²) in [6.07, 6.45) is 0. The average Bonchev–Trinajstić information content (AvgIpc) is 2.71. The van der Waals surface area contributed by atoms with Gasteiger partial charge in [0.1, 0.15) is 21.2 Å². The fourth-order valence-electron chi connectivity index (χ4n) is 3.25. The summed E-state index contributed by atoms with van der Waals surface area (Å²) >= 11 is 0. The number of phenols is 1. The van der Waals surface area contributed by atoms with Gasteiger partial charge in [0.15, 0.2) is 5.75 Å². The minimum absolute atomic E-state index is 0.0743. The maximum Gasteiger partial charge on any atom is 0.296 e. The highest BCUT2D eigenvalue weighted by molar-refractivity contribution is 7.86. The Morgan fingerprint density at radius 3 is 1.87 bits per heavy atom. The second-order valence-electron chi connectivity index (χ2n) is 6.57. The molecule has 0 fully saturated rings. The first-order valence-electron chi connectivity index (χ1n) is 8.70. The summed E-state index contributed by atoms with van der Waals surface area (Å²) in [5.41, 5.74) is -0.512. The van der Waals surface area contributed by atoms with Crippen molar-refractivity contribution in [2.24, 2.45) is 10.2 Å². The van der Waals surface area contributed by atoms with E-state index in [0.717, 1.165) is 12.1 Å². The van der Waals surface area contributed by atoms with Crippen LogP contribution in [0.25, 0.3) is 21.5 Å². The smallest absolute Gasteiger partial charge is 0.296 e. The van der Waals surface area contributed by atoms with E-state index in [-0.39, 0.29) is 22.1 Å². The van der Waals surface area contributed by atoms with E-state index in [1.807, 2.05) is 0 Å². The number of azo groups is 1. The first kappa shape index (κ1) is 20.9. The van der Waals surface area contributed by atoms with Gasteiger partial charge in [-0.25, -0.2) is 0 Å². The third-order valence-electron chi connectivity index (χ3n) is 4.64. The van der Waals surface area contributed by atoms with Gasteiger partial charge < -0.3 is 5.11 Å². The maximum atomic E-state index is 11.8. The van der Waals surface area contributed by atoms with Crippen LogP contribution >= 0.6 is 0 Å². The van der Waals surface area contributed by atoms with Crippen LogP contribution in [0, 0.1) is 0 Å². The molecule has 0 unspecified atom stereocenters. The molecule has 4 aromatic rings. The van der Waals surface area contributed by atoms with E-state index >= 15 is 0 Å². The normalized spacial score (nSPS) is 12.7. The molecule has 0 saturated carbocycles. The summed E-state index contributed by atoms with van der Waals surface area (Å²) in [7, 11) is -9.32. The van der Waals surface area contributed by atoms with Crippen molar-refractivity contribution < 1.29 is 31.0 Å². The monoisotopic (exact) mass is 458 g/mol. The Kier molecular flexibility index (Phi) is 4.98. The van der Waals surface area contributed by atoms with Crippen LogP contribution in [0.4, 0.5) is 11.4 Å². The third kappa shape index (κ3) is 3.86. The Morgan fingerprint density at radius 2 is 1.23 bits per heavy atom. The zero-order valence-electron chi connectivity index (χ0n) is 15.5. The van der Waals surface area contributed by atoms with Crippen LogP contribution in [-0.2, 0) is 20.2 Å². The zero-order chi connectivity index (χ0) is 22.4. The highest BCUT2D eigenvalue weighted by Crippen LogP contribution is 2.41. The number of rotatable bonds is 4. The van der Waals surface area contributed by atoms with Gasteiger partial charge in [-0.3, -0.25) is 9.11 Å². The van der Waals surface area contributed by atoms with E-state index in [1.165, 1.54) is 24.3 Å². The highest BCUT2D eigenvalue weighted by Gasteiger charge is 2.21. The van der Waals surface area contributed by atoms with Crippen molar-refractivity contribution >= 4 is 53.2 Å². The van der Waals surface area contributed by atoms with E-state index in [1.54, 1.807) is 30.3 Å². The molecule has 0 spiro atoms. The number of hydrogen-bond donors (Lipinski definition) is 3. The van der Waals surface area contributed by atoms with Crippen LogP contribution in [0.15, 0.2) is 86.7 Å². The largest absolute Gasteiger partial charge is 0.505 e. The number of nitrogens with zero attached hydrogens (tertiary/aromatic N) is 2. The second-order valence-corrected chi connectivity index (χ2v) is 9.35. The molecule has 0 amide bonds. The summed E-state index contributed by atoms with van der Waals surface area (Å²) in [5.74, 6) is -0.416. The fraction of sp³-hybridized carbons (Fsp3) is 0. The molecule has 0 radical (unpaired) electrons. The molecule has 4 rings (SSSR count). The molecule has 0 saturated heterocycles. The summed E-state index contributed by atoms with van der Waals surface area (Å²) < 4.78 is 66.5. The Labute approximate surface area is 176 Å². The molecule has 11 heteroatoms. The standard InChI is InChI=1S/C20H14N2O7S2/c23-20-15-8-4-3-7-14(15)18(31(27,28)29)11-16(20)21-22-19-13-6-2-1-5-12(13)9-10-17(19)30(24,25)26/h1-11,23H,(H,24,25,26)(H,27,28,29)/b22-21+. The van der Waals surface area contributed by atoms with Crippen molar-refractivity contribution in [1.82, 2.24) is 0 Å². The van der Waals surface area contributed by atoms with Gasteiger partial charge in [0.05, 0.1) is 0 Å². The Bertz CT molecular complexity index is 1600. The van der Waals surface area contributed by atoms with Crippen LogP contribution in [0.5, 0.6) is 5.75 Å². The first-order valence-corrected chi connectivity index (χ1v) is 11.6. The summed E-state index contributed by atoms with van der Waals surface area (Å²) in [4.78, 5) is -1.01. The number of fused-ring (bicyclic) bond motifs is 2. The van der Waals surface area contributed by atoms with Crippen molar-refractivity contribution in [3.05, 3.63) is 66.7 Å². The van der Waals surface area contributed by atoms with Crippen molar-refractivity contribution in [2.75, 3.05) is 0 Å². The van der Waals surface area contributed by atoms with Gasteiger partial charge in [0, 0.05) is 16.2 Å². The zero-order valence-corrected chi connectivity index (χ0v) is 17.2. The highest BCUT2D eigenvalue weighted by atomic mass is 32.2. The first-order chi connectivity index (χ1) is 14.6. The lowest BCUT2D eigenvalue weighted by molar-refractivity contribution is 0.479. The molecule has 31 heavy (non-hydrogen) atoms. The van der Waals surface area contributed by atoms with E-state index < -0.39 is 35.8 Å². The quantitative estimate of drug-likeness (QED) is 0.298. The molecule has 0 aliphatic rings. The molecule has 9 nitrogen and oxygen atoms in total. The lowest BCUT2D eigenvalue weighted by Crippen LogP contribution is -1.99. The predicted octanol–water partition coefficient (Wildman–Crippen LogP) is 4.61. The van der Waals surface area contributed by atoms with Crippen molar-refractivity contribution in [1.29, 1.82) is 0 Å². The lowest BCUT2D eigenvalue weighted by Gasteiger charge is -2.09. The number of benzene rings is 4. The van der Waals surface area contributed by atoms with Crippen LogP contribution in [0.1, 0.15) is 0 Å². The SMILES string of the molecule is O=S(=O)(O)c1ccc2ccccc2c1/N=N/c1cc(S(=O)(=O)O)c2ccccc2c1O. The molecule has 0 aromatic heterocycles. The molecule has 4 aromatic carbocycles. The van der Waals surface area contributed by atoms with E-state index in [2.05, 4.69) is 10.2 Å². The maximum absolute atomic E-state index is 11.8. The molecule has 3 N–H and O–H groups in total. The second kappa shape index (κ2) is 7.39. The van der Waals surface area contributed by atoms with Gasteiger partial charge in [0.2, 0.25) is 0 Å². The summed E-state index contributed by atoms with van der Waals surface area (Å²) in [6.45, 7) is 0. The summed E-state index contributed by atoms with van der Waals surface area (Å²) in [6, 6.07) is 16.1. The van der Waals surface area contributed by atoms with Crippen LogP contribution in [0.3, 0.4) is 0 Å². The minimum atomic E-state index is -4.67. The van der Waals surface area contributed by atoms with Gasteiger partial charge in [-0.15, -0.1) is 10.2 Å². The Balaban J connectivity index is 2.01. The number of phenolic OH excluding ortho intramolecular Hbond substituents is 1. The minimum Gasteiger partial charge on any atom is -0.505 e. The molecular weight excluding hydrogens is 444 g/mol. The van der Waals surface area contributed by atoms with E-state index in [0.29, 0.717) is 10.8 Å². The number of hydrogen-bond acceptors (Lipinski definition) is 7. The third-order valence-corrected chi connectivity index (χ3v) is 6.41. The lowest BCUT2D eigenvalue weighted by atomic mass is 10.1. The number of aromatic hydroxyl groups is 1. The molecular formula is C20H14N2O7S2. The predicted molar refractivity (Wildman–Crippen MR) is 113 cm³/mol.